The Hall–Kier alpha value is -1.88. The van der Waals surface area contributed by atoms with Crippen LogP contribution in [0.15, 0.2) is 29.4 Å². The predicted octanol–water partition coefficient (Wildman–Crippen LogP) is 0.779. The summed E-state index contributed by atoms with van der Waals surface area (Å²) >= 11 is 0. The molecule has 2 N–H and O–H groups in total. The van der Waals surface area contributed by atoms with Crippen molar-refractivity contribution in [3.63, 3.8) is 0 Å². The molecule has 5 nitrogen and oxygen atoms in total. The Kier molecular flexibility index (Phi) is 5.74. The summed E-state index contributed by atoms with van der Waals surface area (Å²) in [5, 5.41) is 14.9. The first-order valence-electron chi connectivity index (χ1n) is 5.33. The maximum Gasteiger partial charge on any atom is 0.251 e. The Bertz CT molecular complexity index is 374. The van der Waals surface area contributed by atoms with E-state index in [0.717, 1.165) is 5.56 Å². The number of oxime groups is 1. The minimum Gasteiger partial charge on any atom is -0.399 e. The lowest BCUT2D eigenvalue weighted by atomic mass is 10.1. The maximum atomic E-state index is 11.6. The highest BCUT2D eigenvalue weighted by Crippen LogP contribution is 2.02. The number of carbonyl (C=O) groups is 1. The molecule has 0 aliphatic heterocycles. The summed E-state index contributed by atoms with van der Waals surface area (Å²) in [6.45, 7) is 0.551. The lowest BCUT2D eigenvalue weighted by Gasteiger charge is -2.03. The van der Waals surface area contributed by atoms with Crippen molar-refractivity contribution in [3.8, 4) is 0 Å². The standard InChI is InChI=1S/C12H16N2O3/c1-17-14-9-10-3-5-11(6-4-10)12(16)13-7-2-8-15/h3-6,9,15H,2,7-8H2,1H3,(H,13,16)/b14-9+. The van der Waals surface area contributed by atoms with Crippen molar-refractivity contribution >= 4 is 12.1 Å². The molecule has 0 spiro atoms. The lowest BCUT2D eigenvalue weighted by molar-refractivity contribution is 0.0951. The lowest BCUT2D eigenvalue weighted by Crippen LogP contribution is -2.24. The Morgan fingerprint density at radius 2 is 2.18 bits per heavy atom. The second kappa shape index (κ2) is 7.40. The van der Waals surface area contributed by atoms with Crippen LogP contribution in [-0.4, -0.2) is 37.5 Å². The van der Waals surface area contributed by atoms with Gasteiger partial charge in [-0.3, -0.25) is 4.79 Å². The summed E-state index contributed by atoms with van der Waals surface area (Å²) < 4.78 is 0. The third-order valence-corrected chi connectivity index (χ3v) is 2.10. The van der Waals surface area contributed by atoms with E-state index in [1.165, 1.54) is 7.11 Å². The van der Waals surface area contributed by atoms with Crippen molar-refractivity contribution < 1.29 is 14.7 Å². The van der Waals surface area contributed by atoms with Gasteiger partial charge in [0.15, 0.2) is 0 Å². The van der Waals surface area contributed by atoms with E-state index in [2.05, 4.69) is 15.3 Å². The number of hydrogen-bond acceptors (Lipinski definition) is 4. The first kappa shape index (κ1) is 13.2. The van der Waals surface area contributed by atoms with Gasteiger partial charge >= 0.3 is 0 Å². The largest absolute Gasteiger partial charge is 0.399 e. The highest BCUT2D eigenvalue weighted by atomic mass is 16.6. The van der Waals surface area contributed by atoms with Gasteiger partial charge in [-0.25, -0.2) is 0 Å². The van der Waals surface area contributed by atoms with Crippen molar-refractivity contribution in [2.24, 2.45) is 5.16 Å². The summed E-state index contributed by atoms with van der Waals surface area (Å²) in [6, 6.07) is 6.99. The highest BCUT2D eigenvalue weighted by Gasteiger charge is 2.03. The highest BCUT2D eigenvalue weighted by molar-refractivity contribution is 5.94. The molecule has 0 heterocycles. The van der Waals surface area contributed by atoms with Crippen LogP contribution in [0.1, 0.15) is 22.3 Å². The zero-order chi connectivity index (χ0) is 12.5. The molecule has 0 aliphatic carbocycles. The number of carbonyl (C=O) groups excluding carboxylic acids is 1. The van der Waals surface area contributed by atoms with Gasteiger partial charge in [0.2, 0.25) is 0 Å². The Morgan fingerprint density at radius 1 is 1.47 bits per heavy atom. The smallest absolute Gasteiger partial charge is 0.251 e. The van der Waals surface area contributed by atoms with Gasteiger partial charge < -0.3 is 15.3 Å². The normalized spacial score (nSPS) is 10.5. The van der Waals surface area contributed by atoms with Crippen LogP contribution in [0.5, 0.6) is 0 Å². The zero-order valence-electron chi connectivity index (χ0n) is 9.72. The molecular weight excluding hydrogens is 220 g/mol. The molecule has 0 atom stereocenters. The SMILES string of the molecule is CO/N=C/c1ccc(C(=O)NCCCO)cc1. The van der Waals surface area contributed by atoms with E-state index in [4.69, 9.17) is 5.11 Å². The number of amides is 1. The number of nitrogens with one attached hydrogen (secondary N) is 1. The first-order chi connectivity index (χ1) is 8.27. The van der Waals surface area contributed by atoms with Gasteiger partial charge in [0.05, 0.1) is 6.21 Å². The van der Waals surface area contributed by atoms with Crippen LogP contribution in [-0.2, 0) is 4.84 Å². The summed E-state index contributed by atoms with van der Waals surface area (Å²) in [5.74, 6) is -0.145. The molecule has 0 fully saturated rings. The van der Waals surface area contributed by atoms with Gasteiger partial charge in [-0.2, -0.15) is 0 Å². The first-order valence-corrected chi connectivity index (χ1v) is 5.33. The van der Waals surface area contributed by atoms with Crippen LogP contribution in [0.2, 0.25) is 0 Å². The molecule has 0 saturated heterocycles. The monoisotopic (exact) mass is 236 g/mol. The van der Waals surface area contributed by atoms with Gasteiger partial charge in [-0.15, -0.1) is 0 Å². The Morgan fingerprint density at radius 3 is 2.76 bits per heavy atom. The predicted molar refractivity (Wildman–Crippen MR) is 65.1 cm³/mol. The number of rotatable bonds is 6. The molecule has 0 unspecified atom stereocenters. The summed E-state index contributed by atoms with van der Waals surface area (Å²) in [7, 11) is 1.47. The fourth-order valence-electron chi connectivity index (χ4n) is 1.22. The third-order valence-electron chi connectivity index (χ3n) is 2.10. The molecule has 1 aromatic rings. The number of aliphatic hydroxyl groups excluding tert-OH is 1. The molecule has 0 aromatic heterocycles. The van der Waals surface area contributed by atoms with Crippen LogP contribution in [0.4, 0.5) is 0 Å². The Balaban J connectivity index is 2.54. The van der Waals surface area contributed by atoms with Gasteiger partial charge in [0.25, 0.3) is 5.91 Å². The quantitative estimate of drug-likeness (QED) is 0.435. The number of aliphatic hydroxyl groups is 1. The van der Waals surface area contributed by atoms with E-state index in [-0.39, 0.29) is 12.5 Å². The summed E-state index contributed by atoms with van der Waals surface area (Å²) in [6.07, 6.45) is 2.12. The molecule has 0 saturated carbocycles. The maximum absolute atomic E-state index is 11.6. The van der Waals surface area contributed by atoms with Crippen LogP contribution in [0.25, 0.3) is 0 Å². The van der Waals surface area contributed by atoms with E-state index < -0.39 is 0 Å². The van der Waals surface area contributed by atoms with Gasteiger partial charge in [-0.1, -0.05) is 17.3 Å². The Labute approximate surface area is 100 Å². The van der Waals surface area contributed by atoms with Gasteiger partial charge in [0.1, 0.15) is 7.11 Å². The van der Waals surface area contributed by atoms with E-state index in [9.17, 15) is 4.79 Å². The van der Waals surface area contributed by atoms with Crippen molar-refractivity contribution in [2.75, 3.05) is 20.3 Å². The van der Waals surface area contributed by atoms with E-state index in [1.807, 2.05) is 0 Å². The average Bonchev–Trinajstić information content (AvgIpc) is 2.37. The summed E-state index contributed by atoms with van der Waals surface area (Å²) in [4.78, 5) is 16.1. The molecule has 0 bridgehead atoms. The van der Waals surface area contributed by atoms with Crippen molar-refractivity contribution in [2.45, 2.75) is 6.42 Å². The molecule has 1 aromatic carbocycles. The zero-order valence-corrected chi connectivity index (χ0v) is 9.72. The summed E-state index contributed by atoms with van der Waals surface area (Å²) in [5.41, 5.74) is 1.44. The van der Waals surface area contributed by atoms with Gasteiger partial charge in [-0.05, 0) is 24.1 Å². The van der Waals surface area contributed by atoms with Crippen molar-refractivity contribution in [3.05, 3.63) is 35.4 Å². The average molecular weight is 236 g/mol. The van der Waals surface area contributed by atoms with Crippen LogP contribution >= 0.6 is 0 Å². The topological polar surface area (TPSA) is 70.9 Å². The molecule has 5 heteroatoms. The number of benzene rings is 1. The van der Waals surface area contributed by atoms with Crippen molar-refractivity contribution in [1.82, 2.24) is 5.32 Å². The minimum atomic E-state index is -0.145. The number of hydrogen-bond donors (Lipinski definition) is 2. The van der Waals surface area contributed by atoms with Gasteiger partial charge in [0, 0.05) is 18.7 Å². The van der Waals surface area contributed by atoms with E-state index in [0.29, 0.717) is 18.5 Å². The van der Waals surface area contributed by atoms with E-state index >= 15 is 0 Å². The molecule has 92 valence electrons. The fraction of sp³-hybridized carbons (Fsp3) is 0.333. The third kappa shape index (κ3) is 4.65. The molecule has 0 aliphatic rings. The van der Waals surface area contributed by atoms with Crippen LogP contribution in [0.3, 0.4) is 0 Å². The number of nitrogens with zero attached hydrogens (tertiary/aromatic N) is 1. The van der Waals surface area contributed by atoms with E-state index in [1.54, 1.807) is 30.5 Å². The second-order valence-electron chi connectivity index (χ2n) is 3.37. The van der Waals surface area contributed by atoms with Crippen molar-refractivity contribution in [1.29, 1.82) is 0 Å². The minimum absolute atomic E-state index is 0.0761. The fourth-order valence-corrected chi connectivity index (χ4v) is 1.22. The molecule has 0 radical (unpaired) electrons. The molecular formula is C12H16N2O3. The molecule has 1 amide bonds. The molecule has 17 heavy (non-hydrogen) atoms. The van der Waals surface area contributed by atoms with Crippen LogP contribution in [0, 0.1) is 0 Å². The molecule has 1 rings (SSSR count). The van der Waals surface area contributed by atoms with Crippen LogP contribution < -0.4 is 5.32 Å². The second-order valence-corrected chi connectivity index (χ2v) is 3.37.